The van der Waals surface area contributed by atoms with Crippen LogP contribution in [0.4, 0.5) is 0 Å². The molecule has 2 aromatic rings. The summed E-state index contributed by atoms with van der Waals surface area (Å²) in [5.74, 6) is 2.06. The molecule has 0 aromatic heterocycles. The van der Waals surface area contributed by atoms with Crippen molar-refractivity contribution < 1.29 is 14.2 Å². The largest absolute Gasteiger partial charge is 0.493 e. The van der Waals surface area contributed by atoms with E-state index in [2.05, 4.69) is 6.07 Å². The first-order chi connectivity index (χ1) is 10.3. The van der Waals surface area contributed by atoms with Crippen molar-refractivity contribution in [3.63, 3.8) is 0 Å². The maximum atomic E-state index is 8.84. The van der Waals surface area contributed by atoms with Gasteiger partial charge >= 0.3 is 0 Å². The summed E-state index contributed by atoms with van der Waals surface area (Å²) in [5.41, 5.74) is 0.548. The molecular weight excluding hydrogens is 266 g/mol. The highest BCUT2D eigenvalue weighted by Crippen LogP contribution is 2.27. The van der Waals surface area contributed by atoms with Crippen molar-refractivity contribution in [2.75, 3.05) is 20.3 Å². The van der Waals surface area contributed by atoms with Crippen LogP contribution in [0.5, 0.6) is 17.2 Å². The molecule has 0 saturated heterocycles. The average molecular weight is 283 g/mol. The molecule has 0 atom stereocenters. The van der Waals surface area contributed by atoms with Crippen molar-refractivity contribution in [2.45, 2.75) is 6.42 Å². The van der Waals surface area contributed by atoms with Gasteiger partial charge in [0.15, 0.2) is 11.5 Å². The SMILES string of the molecule is COc1cc(C#N)ccc1OCCCOc1ccccc1. The summed E-state index contributed by atoms with van der Waals surface area (Å²) >= 11 is 0. The third-order valence-electron chi connectivity index (χ3n) is 2.85. The maximum Gasteiger partial charge on any atom is 0.162 e. The van der Waals surface area contributed by atoms with Gasteiger partial charge in [0.2, 0.25) is 0 Å². The molecule has 0 heterocycles. The van der Waals surface area contributed by atoms with Crippen LogP contribution in [0.3, 0.4) is 0 Å². The number of hydrogen-bond acceptors (Lipinski definition) is 4. The van der Waals surface area contributed by atoms with E-state index >= 15 is 0 Å². The highest BCUT2D eigenvalue weighted by atomic mass is 16.5. The van der Waals surface area contributed by atoms with Gasteiger partial charge < -0.3 is 14.2 Å². The molecular formula is C17H17NO3. The molecule has 0 bridgehead atoms. The normalized spacial score (nSPS) is 9.71. The Morgan fingerprint density at radius 1 is 0.952 bits per heavy atom. The van der Waals surface area contributed by atoms with E-state index in [-0.39, 0.29) is 0 Å². The Morgan fingerprint density at radius 2 is 1.71 bits per heavy atom. The Bertz CT molecular complexity index is 605. The van der Waals surface area contributed by atoms with E-state index in [1.54, 1.807) is 25.3 Å². The van der Waals surface area contributed by atoms with Gasteiger partial charge in [-0.25, -0.2) is 0 Å². The Morgan fingerprint density at radius 3 is 2.43 bits per heavy atom. The molecule has 2 aromatic carbocycles. The third-order valence-corrected chi connectivity index (χ3v) is 2.85. The van der Waals surface area contributed by atoms with Gasteiger partial charge in [0.05, 0.1) is 32.0 Å². The van der Waals surface area contributed by atoms with Gasteiger partial charge in [-0.15, -0.1) is 0 Å². The molecule has 0 aliphatic carbocycles. The molecule has 4 heteroatoms. The summed E-state index contributed by atoms with van der Waals surface area (Å²) in [5, 5.41) is 8.84. The third kappa shape index (κ3) is 4.43. The number of nitrogens with zero attached hydrogens (tertiary/aromatic N) is 1. The topological polar surface area (TPSA) is 51.5 Å². The minimum atomic E-state index is 0.523. The number of ether oxygens (including phenoxy) is 3. The van der Waals surface area contributed by atoms with Gasteiger partial charge in [-0.1, -0.05) is 18.2 Å². The van der Waals surface area contributed by atoms with E-state index in [1.807, 2.05) is 30.3 Å². The molecule has 0 spiro atoms. The van der Waals surface area contributed by atoms with Crippen molar-refractivity contribution in [1.82, 2.24) is 0 Å². The fourth-order valence-electron chi connectivity index (χ4n) is 1.80. The first-order valence-electron chi connectivity index (χ1n) is 6.72. The molecule has 0 amide bonds. The number of benzene rings is 2. The van der Waals surface area contributed by atoms with E-state index in [4.69, 9.17) is 19.5 Å². The first kappa shape index (κ1) is 14.7. The summed E-state index contributed by atoms with van der Waals surface area (Å²) in [7, 11) is 1.56. The molecule has 0 N–H and O–H groups in total. The highest BCUT2D eigenvalue weighted by molar-refractivity contribution is 5.46. The zero-order valence-electron chi connectivity index (χ0n) is 11.9. The van der Waals surface area contributed by atoms with Crippen LogP contribution in [0.1, 0.15) is 12.0 Å². The van der Waals surface area contributed by atoms with E-state index in [9.17, 15) is 0 Å². The van der Waals surface area contributed by atoms with Crippen LogP contribution in [0.25, 0.3) is 0 Å². The van der Waals surface area contributed by atoms with Gasteiger partial charge in [0.25, 0.3) is 0 Å². The maximum absolute atomic E-state index is 8.84. The van der Waals surface area contributed by atoms with Gasteiger partial charge in [0.1, 0.15) is 5.75 Å². The van der Waals surface area contributed by atoms with Gasteiger partial charge in [-0.3, -0.25) is 0 Å². The number of methoxy groups -OCH3 is 1. The summed E-state index contributed by atoms with van der Waals surface area (Å²) < 4.78 is 16.4. The van der Waals surface area contributed by atoms with E-state index in [0.29, 0.717) is 30.3 Å². The molecule has 0 aliphatic heterocycles. The average Bonchev–Trinajstić information content (AvgIpc) is 2.55. The molecule has 4 nitrogen and oxygen atoms in total. The fraction of sp³-hybridized carbons (Fsp3) is 0.235. The van der Waals surface area contributed by atoms with Crippen LogP contribution < -0.4 is 14.2 Å². The second kappa shape index (κ2) is 7.81. The Kier molecular flexibility index (Phi) is 5.48. The molecule has 0 fully saturated rings. The van der Waals surface area contributed by atoms with Gasteiger partial charge in [-0.05, 0) is 24.3 Å². The van der Waals surface area contributed by atoms with Crippen LogP contribution in [0.2, 0.25) is 0 Å². The lowest BCUT2D eigenvalue weighted by atomic mass is 10.2. The lowest BCUT2D eigenvalue weighted by Gasteiger charge is -2.11. The standard InChI is InChI=1S/C17H17NO3/c1-19-17-12-14(13-18)8-9-16(17)21-11-5-10-20-15-6-3-2-4-7-15/h2-4,6-9,12H,5,10-11H2,1H3. The molecule has 2 rings (SSSR count). The van der Waals surface area contributed by atoms with Gasteiger partial charge in [-0.2, -0.15) is 5.26 Å². The molecule has 21 heavy (non-hydrogen) atoms. The van der Waals surface area contributed by atoms with E-state index < -0.39 is 0 Å². The van der Waals surface area contributed by atoms with Crippen molar-refractivity contribution in [3.05, 3.63) is 54.1 Å². The summed E-state index contributed by atoms with van der Waals surface area (Å²) in [6, 6.07) is 16.9. The van der Waals surface area contributed by atoms with Crippen molar-refractivity contribution in [3.8, 4) is 23.3 Å². The minimum absolute atomic E-state index is 0.523. The summed E-state index contributed by atoms with van der Waals surface area (Å²) in [6.45, 7) is 1.11. The van der Waals surface area contributed by atoms with Crippen LogP contribution >= 0.6 is 0 Å². The molecule has 0 aliphatic rings. The lowest BCUT2D eigenvalue weighted by molar-refractivity contribution is 0.240. The summed E-state index contributed by atoms with van der Waals surface area (Å²) in [4.78, 5) is 0. The second-order valence-electron chi connectivity index (χ2n) is 4.34. The summed E-state index contributed by atoms with van der Waals surface area (Å²) in [6.07, 6.45) is 0.762. The minimum Gasteiger partial charge on any atom is -0.493 e. The molecule has 0 radical (unpaired) electrons. The number of nitriles is 1. The van der Waals surface area contributed by atoms with Gasteiger partial charge in [0, 0.05) is 12.5 Å². The van der Waals surface area contributed by atoms with Crippen LogP contribution in [-0.4, -0.2) is 20.3 Å². The fourth-order valence-corrected chi connectivity index (χ4v) is 1.80. The van der Waals surface area contributed by atoms with Crippen molar-refractivity contribution in [2.24, 2.45) is 0 Å². The van der Waals surface area contributed by atoms with Crippen LogP contribution in [-0.2, 0) is 0 Å². The highest BCUT2D eigenvalue weighted by Gasteiger charge is 2.05. The van der Waals surface area contributed by atoms with E-state index in [1.165, 1.54) is 0 Å². The van der Waals surface area contributed by atoms with Crippen LogP contribution in [0, 0.1) is 11.3 Å². The number of para-hydroxylation sites is 1. The monoisotopic (exact) mass is 283 g/mol. The molecule has 0 saturated carbocycles. The Labute approximate surface area is 124 Å². The van der Waals surface area contributed by atoms with Crippen LogP contribution in [0.15, 0.2) is 48.5 Å². The molecule has 108 valence electrons. The van der Waals surface area contributed by atoms with Crippen molar-refractivity contribution >= 4 is 0 Å². The quantitative estimate of drug-likeness (QED) is 0.731. The number of rotatable bonds is 7. The predicted octanol–water partition coefficient (Wildman–Crippen LogP) is 3.41. The second-order valence-corrected chi connectivity index (χ2v) is 4.34. The number of hydrogen-bond donors (Lipinski definition) is 0. The predicted molar refractivity (Wildman–Crippen MR) is 79.8 cm³/mol. The molecule has 0 unspecified atom stereocenters. The zero-order chi connectivity index (χ0) is 14.9. The van der Waals surface area contributed by atoms with E-state index in [0.717, 1.165) is 12.2 Å². The Hall–Kier alpha value is -2.67. The zero-order valence-corrected chi connectivity index (χ0v) is 11.9. The first-order valence-corrected chi connectivity index (χ1v) is 6.72. The Balaban J connectivity index is 1.77. The van der Waals surface area contributed by atoms with Crippen molar-refractivity contribution in [1.29, 1.82) is 5.26 Å². The smallest absolute Gasteiger partial charge is 0.162 e. The lowest BCUT2D eigenvalue weighted by Crippen LogP contribution is -2.05.